The molecule has 2 N–H and O–H groups in total. The summed E-state index contributed by atoms with van der Waals surface area (Å²) in [6, 6.07) is 1.95. The molecular weight excluding hydrogens is 128 g/mol. The maximum Gasteiger partial charge on any atom is 0.124 e. The van der Waals surface area contributed by atoms with Gasteiger partial charge >= 0.3 is 0 Å². The summed E-state index contributed by atoms with van der Waals surface area (Å²) in [5.41, 5.74) is 4.65. The third kappa shape index (κ3) is 4.30. The quantitative estimate of drug-likeness (QED) is 0.586. The van der Waals surface area contributed by atoms with Gasteiger partial charge in [0.05, 0.1) is 12.7 Å². The summed E-state index contributed by atoms with van der Waals surface area (Å²) in [6.07, 6.45) is 0.960. The molecule has 1 atom stereocenters. The molecule has 0 heterocycles. The second-order valence-electron chi connectivity index (χ2n) is 2.58. The van der Waals surface area contributed by atoms with E-state index in [9.17, 15) is 0 Å². The molecule has 0 aliphatic rings. The largest absolute Gasteiger partial charge is 0.378 e. The van der Waals surface area contributed by atoms with Crippen molar-refractivity contribution < 1.29 is 4.74 Å². The minimum absolute atomic E-state index is 0.317. The number of hydrogen-bond donors (Lipinski definition) is 1. The van der Waals surface area contributed by atoms with Gasteiger partial charge in [-0.25, -0.2) is 0 Å². The summed E-state index contributed by atoms with van der Waals surface area (Å²) in [5, 5.41) is 8.44. The summed E-state index contributed by atoms with van der Waals surface area (Å²) in [6.45, 7) is 4.66. The molecule has 0 amide bonds. The molecule has 0 fully saturated rings. The lowest BCUT2D eigenvalue weighted by molar-refractivity contribution is 0.108. The molecule has 0 aromatic rings. The van der Waals surface area contributed by atoms with Crippen LogP contribution in [0.15, 0.2) is 0 Å². The zero-order valence-electron chi connectivity index (χ0n) is 6.55. The summed E-state index contributed by atoms with van der Waals surface area (Å²) in [7, 11) is 0. The van der Waals surface area contributed by atoms with Crippen LogP contribution < -0.4 is 5.73 Å². The smallest absolute Gasteiger partial charge is 0.124 e. The van der Waals surface area contributed by atoms with Crippen LogP contribution in [0, 0.1) is 11.3 Å². The zero-order valence-corrected chi connectivity index (χ0v) is 6.55. The van der Waals surface area contributed by atoms with E-state index < -0.39 is 5.54 Å². The third-order valence-corrected chi connectivity index (χ3v) is 1.01. The first-order chi connectivity index (χ1) is 4.62. The van der Waals surface area contributed by atoms with Gasteiger partial charge in [0.15, 0.2) is 0 Å². The van der Waals surface area contributed by atoms with E-state index in [1.54, 1.807) is 6.92 Å². The Balaban J connectivity index is 3.40. The van der Waals surface area contributed by atoms with Crippen LogP contribution in [0.3, 0.4) is 0 Å². The number of hydrogen-bond acceptors (Lipinski definition) is 3. The van der Waals surface area contributed by atoms with Gasteiger partial charge in [0.2, 0.25) is 0 Å². The number of ether oxygens (including phenoxy) is 1. The van der Waals surface area contributed by atoms with Gasteiger partial charge in [-0.15, -0.1) is 0 Å². The fraction of sp³-hybridized carbons (Fsp3) is 0.857. The van der Waals surface area contributed by atoms with E-state index in [4.69, 9.17) is 15.7 Å². The van der Waals surface area contributed by atoms with Gasteiger partial charge in [0.25, 0.3) is 0 Å². The van der Waals surface area contributed by atoms with Crippen molar-refractivity contribution in [2.45, 2.75) is 25.8 Å². The lowest BCUT2D eigenvalue weighted by atomic mass is 10.1. The monoisotopic (exact) mass is 142 g/mol. The second-order valence-corrected chi connectivity index (χ2v) is 2.58. The van der Waals surface area contributed by atoms with Crippen LogP contribution >= 0.6 is 0 Å². The van der Waals surface area contributed by atoms with E-state index >= 15 is 0 Å². The Morgan fingerprint density at radius 2 is 2.30 bits per heavy atom. The predicted molar refractivity (Wildman–Crippen MR) is 39.3 cm³/mol. The van der Waals surface area contributed by atoms with Crippen molar-refractivity contribution >= 4 is 0 Å². The van der Waals surface area contributed by atoms with Crippen molar-refractivity contribution in [3.05, 3.63) is 0 Å². The van der Waals surface area contributed by atoms with Crippen molar-refractivity contribution in [2.24, 2.45) is 5.73 Å². The van der Waals surface area contributed by atoms with Crippen molar-refractivity contribution in [3.63, 3.8) is 0 Å². The Morgan fingerprint density at radius 3 is 2.70 bits per heavy atom. The molecule has 0 aromatic heterocycles. The van der Waals surface area contributed by atoms with Crippen LogP contribution in [0.4, 0.5) is 0 Å². The maximum atomic E-state index is 8.44. The summed E-state index contributed by atoms with van der Waals surface area (Å²) < 4.78 is 5.09. The van der Waals surface area contributed by atoms with Gasteiger partial charge in [-0.1, -0.05) is 6.92 Å². The second kappa shape index (κ2) is 4.26. The molecule has 3 heteroatoms. The van der Waals surface area contributed by atoms with Crippen LogP contribution in [-0.2, 0) is 4.74 Å². The predicted octanol–water partition coefficient (Wildman–Crippen LogP) is 0.654. The summed E-state index contributed by atoms with van der Waals surface area (Å²) >= 11 is 0. The number of rotatable bonds is 4. The van der Waals surface area contributed by atoms with E-state index in [0.717, 1.165) is 6.42 Å². The van der Waals surface area contributed by atoms with Crippen LogP contribution in [0.2, 0.25) is 0 Å². The standard InChI is InChI=1S/C7H14N2O/c1-3-4-10-6-7(2,9)5-8/h3-4,6,9H2,1-2H3. The number of nitrogens with two attached hydrogens (primary N) is 1. The number of nitrogens with zero attached hydrogens (tertiary/aromatic N) is 1. The van der Waals surface area contributed by atoms with Crippen LogP contribution in [0.1, 0.15) is 20.3 Å². The summed E-state index contributed by atoms with van der Waals surface area (Å²) in [4.78, 5) is 0. The van der Waals surface area contributed by atoms with Gasteiger partial charge in [0.1, 0.15) is 5.54 Å². The minimum atomic E-state index is -0.824. The lowest BCUT2D eigenvalue weighted by Gasteiger charge is -2.14. The molecule has 3 nitrogen and oxygen atoms in total. The van der Waals surface area contributed by atoms with Gasteiger partial charge in [-0.05, 0) is 13.3 Å². The normalized spacial score (nSPS) is 15.8. The molecule has 58 valence electrons. The zero-order chi connectivity index (χ0) is 8.04. The third-order valence-electron chi connectivity index (χ3n) is 1.01. The molecular formula is C7H14N2O. The highest BCUT2D eigenvalue weighted by Crippen LogP contribution is 1.96. The van der Waals surface area contributed by atoms with Gasteiger partial charge in [-0.3, -0.25) is 0 Å². The molecule has 0 aromatic carbocycles. The number of nitriles is 1. The van der Waals surface area contributed by atoms with Crippen molar-refractivity contribution in [2.75, 3.05) is 13.2 Å². The Labute approximate surface area is 61.8 Å². The van der Waals surface area contributed by atoms with E-state index in [-0.39, 0.29) is 0 Å². The van der Waals surface area contributed by atoms with Crippen LogP contribution in [-0.4, -0.2) is 18.8 Å². The molecule has 0 spiro atoms. The van der Waals surface area contributed by atoms with E-state index in [2.05, 4.69) is 0 Å². The molecule has 0 bridgehead atoms. The van der Waals surface area contributed by atoms with E-state index in [0.29, 0.717) is 13.2 Å². The SMILES string of the molecule is CCCOCC(C)(N)C#N. The minimum Gasteiger partial charge on any atom is -0.378 e. The topological polar surface area (TPSA) is 59.0 Å². The summed E-state index contributed by atoms with van der Waals surface area (Å²) in [5.74, 6) is 0. The highest BCUT2D eigenvalue weighted by molar-refractivity contribution is 5.00. The molecule has 1 unspecified atom stereocenters. The fourth-order valence-corrected chi connectivity index (χ4v) is 0.461. The van der Waals surface area contributed by atoms with E-state index in [1.807, 2.05) is 13.0 Å². The molecule has 0 aliphatic heterocycles. The highest BCUT2D eigenvalue weighted by atomic mass is 16.5. The maximum absolute atomic E-state index is 8.44. The van der Waals surface area contributed by atoms with Gasteiger partial charge < -0.3 is 10.5 Å². The first-order valence-electron chi connectivity index (χ1n) is 3.40. The van der Waals surface area contributed by atoms with Crippen molar-refractivity contribution in [1.29, 1.82) is 5.26 Å². The average Bonchev–Trinajstić information content (AvgIpc) is 1.89. The molecule has 0 saturated heterocycles. The van der Waals surface area contributed by atoms with Gasteiger partial charge in [-0.2, -0.15) is 5.26 Å². The van der Waals surface area contributed by atoms with Crippen LogP contribution in [0.5, 0.6) is 0 Å². The van der Waals surface area contributed by atoms with Crippen molar-refractivity contribution in [3.8, 4) is 6.07 Å². The van der Waals surface area contributed by atoms with Crippen LogP contribution in [0.25, 0.3) is 0 Å². The first-order valence-corrected chi connectivity index (χ1v) is 3.40. The molecule has 0 aliphatic carbocycles. The Morgan fingerprint density at radius 1 is 1.70 bits per heavy atom. The first kappa shape index (κ1) is 9.41. The Bertz CT molecular complexity index is 126. The van der Waals surface area contributed by atoms with Crippen molar-refractivity contribution in [1.82, 2.24) is 0 Å². The average molecular weight is 142 g/mol. The fourth-order valence-electron chi connectivity index (χ4n) is 0.461. The molecule has 0 saturated carbocycles. The van der Waals surface area contributed by atoms with Gasteiger partial charge in [0, 0.05) is 6.61 Å². The molecule has 0 radical (unpaired) electrons. The Kier molecular flexibility index (Phi) is 4.01. The highest BCUT2D eigenvalue weighted by Gasteiger charge is 2.16. The molecule has 0 rings (SSSR count). The Hall–Kier alpha value is -0.590. The van der Waals surface area contributed by atoms with E-state index in [1.165, 1.54) is 0 Å². The molecule has 10 heavy (non-hydrogen) atoms. The lowest BCUT2D eigenvalue weighted by Crippen LogP contribution is -2.39.